The van der Waals surface area contributed by atoms with Gasteiger partial charge in [0, 0.05) is 30.9 Å². The van der Waals surface area contributed by atoms with Gasteiger partial charge in [-0.2, -0.15) is 0 Å². The van der Waals surface area contributed by atoms with Gasteiger partial charge in [0.25, 0.3) is 0 Å². The first-order chi connectivity index (χ1) is 14.0. The monoisotopic (exact) mass is 424 g/mol. The van der Waals surface area contributed by atoms with Crippen LogP contribution in [0.25, 0.3) is 0 Å². The lowest BCUT2D eigenvalue weighted by atomic mass is 9.86. The Hall–Kier alpha value is -1.54. The summed E-state index contributed by atoms with van der Waals surface area (Å²) in [5, 5.41) is 3.79. The number of carbonyl (C=O) groups is 1. The molecule has 3 aliphatic rings. The first kappa shape index (κ1) is 20.7. The second-order valence-electron chi connectivity index (χ2n) is 8.17. The molecular weight excluding hydrogens is 396 g/mol. The Balaban J connectivity index is 1.42. The maximum Gasteiger partial charge on any atom is 0.342 e. The summed E-state index contributed by atoms with van der Waals surface area (Å²) in [6, 6.07) is 1.57. The molecule has 1 aromatic rings. The SMILES string of the molecule is CC(CC1OCCO1)CC1CNCCC1OC(=O)c1cc(Cl)c(N)c2c1OCC2. The summed E-state index contributed by atoms with van der Waals surface area (Å²) in [7, 11) is 0. The number of rotatable bonds is 6. The van der Waals surface area contributed by atoms with E-state index in [0.29, 0.717) is 54.2 Å². The standard InChI is InChI=1S/C21H29ClN2O5/c1-12(9-18-26-6-7-27-18)8-13-11-24-4-2-17(13)29-21(25)15-10-16(22)19(23)14-3-5-28-20(14)15/h10,12-13,17-18,24H,2-9,11,23H2,1H3. The van der Waals surface area contributed by atoms with Crippen molar-refractivity contribution in [2.45, 2.75) is 45.0 Å². The number of anilines is 1. The predicted octanol–water partition coefficient (Wildman–Crippen LogP) is 2.78. The third kappa shape index (κ3) is 4.63. The minimum Gasteiger partial charge on any atom is -0.492 e. The molecule has 0 saturated carbocycles. The molecule has 0 bridgehead atoms. The van der Waals surface area contributed by atoms with Crippen LogP contribution in [0.1, 0.15) is 42.1 Å². The molecule has 160 valence electrons. The van der Waals surface area contributed by atoms with Crippen LogP contribution in [-0.2, 0) is 20.6 Å². The second kappa shape index (κ2) is 9.08. The van der Waals surface area contributed by atoms with E-state index in [9.17, 15) is 4.79 Å². The Bertz CT molecular complexity index is 753. The Morgan fingerprint density at radius 3 is 2.93 bits per heavy atom. The summed E-state index contributed by atoms with van der Waals surface area (Å²) in [6.45, 7) is 5.68. The fourth-order valence-electron chi connectivity index (χ4n) is 4.49. The topological polar surface area (TPSA) is 92.0 Å². The fourth-order valence-corrected chi connectivity index (χ4v) is 4.72. The predicted molar refractivity (Wildman–Crippen MR) is 109 cm³/mol. The molecule has 0 aliphatic carbocycles. The molecule has 3 atom stereocenters. The van der Waals surface area contributed by atoms with Crippen LogP contribution in [0.15, 0.2) is 6.07 Å². The summed E-state index contributed by atoms with van der Waals surface area (Å²) in [5.41, 5.74) is 7.70. The molecule has 0 spiro atoms. The Kier molecular flexibility index (Phi) is 6.49. The highest BCUT2D eigenvalue weighted by Gasteiger charge is 2.33. The lowest BCUT2D eigenvalue weighted by Crippen LogP contribution is -2.43. The Labute approximate surface area is 176 Å². The number of benzene rings is 1. The molecule has 0 radical (unpaired) electrons. The number of piperidine rings is 1. The van der Waals surface area contributed by atoms with Gasteiger partial charge in [-0.15, -0.1) is 0 Å². The van der Waals surface area contributed by atoms with E-state index in [1.165, 1.54) is 0 Å². The number of hydrogen-bond donors (Lipinski definition) is 2. The summed E-state index contributed by atoms with van der Waals surface area (Å²) in [4.78, 5) is 13.0. The molecular formula is C21H29ClN2O5. The van der Waals surface area contributed by atoms with Crippen LogP contribution < -0.4 is 15.8 Å². The summed E-state index contributed by atoms with van der Waals surface area (Å²) in [6.07, 6.45) is 2.97. The van der Waals surface area contributed by atoms with Gasteiger partial charge in [-0.3, -0.25) is 0 Å². The van der Waals surface area contributed by atoms with Crippen molar-refractivity contribution >= 4 is 23.3 Å². The van der Waals surface area contributed by atoms with E-state index in [1.54, 1.807) is 6.07 Å². The van der Waals surface area contributed by atoms with Crippen molar-refractivity contribution in [1.29, 1.82) is 0 Å². The maximum atomic E-state index is 13.0. The highest BCUT2D eigenvalue weighted by Crippen LogP contribution is 2.39. The highest BCUT2D eigenvalue weighted by molar-refractivity contribution is 6.33. The van der Waals surface area contributed by atoms with Gasteiger partial charge in [-0.05, 0) is 31.4 Å². The zero-order valence-corrected chi connectivity index (χ0v) is 17.5. The summed E-state index contributed by atoms with van der Waals surface area (Å²) < 4.78 is 22.8. The number of esters is 1. The molecule has 2 fully saturated rings. The van der Waals surface area contributed by atoms with Crippen LogP contribution in [-0.4, -0.2) is 51.3 Å². The van der Waals surface area contributed by atoms with Gasteiger partial charge in [0.2, 0.25) is 0 Å². The van der Waals surface area contributed by atoms with Gasteiger partial charge in [0.1, 0.15) is 17.4 Å². The van der Waals surface area contributed by atoms with Gasteiger partial charge < -0.3 is 30.0 Å². The number of nitrogen functional groups attached to an aromatic ring is 1. The van der Waals surface area contributed by atoms with Crippen LogP contribution in [0.4, 0.5) is 5.69 Å². The van der Waals surface area contributed by atoms with Crippen molar-refractivity contribution in [3.8, 4) is 5.75 Å². The Morgan fingerprint density at radius 1 is 1.34 bits per heavy atom. The second-order valence-corrected chi connectivity index (χ2v) is 8.58. The van der Waals surface area contributed by atoms with E-state index >= 15 is 0 Å². The normalized spacial score (nSPS) is 25.4. The van der Waals surface area contributed by atoms with Crippen LogP contribution in [0.5, 0.6) is 5.75 Å². The maximum absolute atomic E-state index is 13.0. The molecule has 29 heavy (non-hydrogen) atoms. The quantitative estimate of drug-likeness (QED) is 0.535. The van der Waals surface area contributed by atoms with Crippen molar-refractivity contribution in [1.82, 2.24) is 5.32 Å². The van der Waals surface area contributed by atoms with E-state index in [0.717, 1.165) is 37.9 Å². The number of hydrogen-bond acceptors (Lipinski definition) is 7. The van der Waals surface area contributed by atoms with Crippen molar-refractivity contribution < 1.29 is 23.7 Å². The van der Waals surface area contributed by atoms with Crippen molar-refractivity contribution in [2.75, 3.05) is 38.6 Å². The zero-order chi connectivity index (χ0) is 20.4. The molecule has 3 unspecified atom stereocenters. The number of carbonyl (C=O) groups excluding carboxylic acids is 1. The lowest BCUT2D eigenvalue weighted by Gasteiger charge is -2.33. The molecule has 1 aromatic carbocycles. The summed E-state index contributed by atoms with van der Waals surface area (Å²) >= 11 is 6.24. The molecule has 4 rings (SSSR count). The van der Waals surface area contributed by atoms with Gasteiger partial charge in [0.15, 0.2) is 6.29 Å². The van der Waals surface area contributed by atoms with E-state index in [-0.39, 0.29) is 18.3 Å². The summed E-state index contributed by atoms with van der Waals surface area (Å²) in [5.74, 6) is 0.772. The number of ether oxygens (including phenoxy) is 4. The van der Waals surface area contributed by atoms with Crippen LogP contribution in [0.2, 0.25) is 5.02 Å². The molecule has 0 amide bonds. The largest absolute Gasteiger partial charge is 0.492 e. The molecule has 0 aromatic heterocycles. The minimum absolute atomic E-state index is 0.112. The van der Waals surface area contributed by atoms with E-state index < -0.39 is 5.97 Å². The molecule has 3 N–H and O–H groups in total. The molecule has 2 saturated heterocycles. The molecule has 7 nitrogen and oxygen atoms in total. The average molecular weight is 425 g/mol. The molecule has 8 heteroatoms. The van der Waals surface area contributed by atoms with Gasteiger partial charge in [-0.1, -0.05) is 18.5 Å². The van der Waals surface area contributed by atoms with Crippen molar-refractivity contribution in [2.24, 2.45) is 11.8 Å². The zero-order valence-electron chi connectivity index (χ0n) is 16.7. The van der Waals surface area contributed by atoms with Crippen LogP contribution in [0, 0.1) is 11.8 Å². The third-order valence-corrected chi connectivity index (χ3v) is 6.29. The number of nitrogens with one attached hydrogen (secondary N) is 1. The van der Waals surface area contributed by atoms with Crippen molar-refractivity contribution in [3.05, 3.63) is 22.2 Å². The number of fused-ring (bicyclic) bond motifs is 1. The van der Waals surface area contributed by atoms with Gasteiger partial charge in [-0.25, -0.2) is 4.79 Å². The lowest BCUT2D eigenvalue weighted by molar-refractivity contribution is -0.0600. The smallest absolute Gasteiger partial charge is 0.342 e. The highest BCUT2D eigenvalue weighted by atomic mass is 35.5. The van der Waals surface area contributed by atoms with E-state index in [4.69, 9.17) is 36.3 Å². The van der Waals surface area contributed by atoms with Gasteiger partial charge >= 0.3 is 5.97 Å². The van der Waals surface area contributed by atoms with Crippen LogP contribution in [0.3, 0.4) is 0 Å². The molecule has 3 aliphatic heterocycles. The first-order valence-electron chi connectivity index (χ1n) is 10.4. The fraction of sp³-hybridized carbons (Fsp3) is 0.667. The third-order valence-electron chi connectivity index (χ3n) is 5.98. The average Bonchev–Trinajstić information content (AvgIpc) is 3.38. The van der Waals surface area contributed by atoms with Gasteiger partial charge in [0.05, 0.1) is 30.5 Å². The van der Waals surface area contributed by atoms with E-state index in [2.05, 4.69) is 12.2 Å². The first-order valence-corrected chi connectivity index (χ1v) is 10.8. The van der Waals surface area contributed by atoms with Crippen LogP contribution >= 0.6 is 11.6 Å². The number of halogens is 1. The van der Waals surface area contributed by atoms with Crippen molar-refractivity contribution in [3.63, 3.8) is 0 Å². The number of nitrogens with two attached hydrogens (primary N) is 1. The molecule has 3 heterocycles. The Morgan fingerprint density at radius 2 is 2.14 bits per heavy atom. The van der Waals surface area contributed by atoms with E-state index in [1.807, 2.05) is 0 Å². The minimum atomic E-state index is -0.392.